The molecule has 1 fully saturated rings. The Hall–Kier alpha value is -3.27. The first-order chi connectivity index (χ1) is 13.2. The summed E-state index contributed by atoms with van der Waals surface area (Å²) < 4.78 is 10.8. The Morgan fingerprint density at radius 1 is 1.39 bits per heavy atom. The predicted molar refractivity (Wildman–Crippen MR) is 106 cm³/mol. The lowest BCUT2D eigenvalue weighted by atomic mass is 9.92. The summed E-state index contributed by atoms with van der Waals surface area (Å²) in [7, 11) is 1.51. The fraction of sp³-hybridized carbons (Fsp3) is 0.381. The molecule has 0 spiro atoms. The topological polar surface area (TPSA) is 124 Å². The maximum atomic E-state index is 11.0. The van der Waals surface area contributed by atoms with Crippen molar-refractivity contribution in [1.29, 1.82) is 5.26 Å². The number of nitrogen functional groups attached to an aromatic ring is 1. The van der Waals surface area contributed by atoms with Crippen LogP contribution in [0.4, 0.5) is 5.82 Å². The van der Waals surface area contributed by atoms with E-state index in [2.05, 4.69) is 24.9 Å². The van der Waals surface area contributed by atoms with Crippen molar-refractivity contribution < 1.29 is 14.3 Å². The molecule has 1 atom stereocenters. The van der Waals surface area contributed by atoms with Crippen LogP contribution in [0.15, 0.2) is 18.2 Å². The second-order valence-corrected chi connectivity index (χ2v) is 7.74. The van der Waals surface area contributed by atoms with Gasteiger partial charge in [-0.3, -0.25) is 4.79 Å². The summed E-state index contributed by atoms with van der Waals surface area (Å²) in [6.45, 7) is 6.11. The van der Waals surface area contributed by atoms with E-state index >= 15 is 0 Å². The van der Waals surface area contributed by atoms with Crippen molar-refractivity contribution in [3.05, 3.63) is 35.0 Å². The van der Waals surface area contributed by atoms with Gasteiger partial charge in [-0.15, -0.1) is 0 Å². The minimum atomic E-state index is -0.577. The van der Waals surface area contributed by atoms with Crippen molar-refractivity contribution in [2.75, 3.05) is 19.5 Å². The molecule has 1 amide bonds. The van der Waals surface area contributed by atoms with E-state index < -0.39 is 5.91 Å². The molecule has 1 aromatic carbocycles. The highest BCUT2D eigenvalue weighted by Crippen LogP contribution is 2.59. The van der Waals surface area contributed by atoms with Crippen molar-refractivity contribution in [2.45, 2.75) is 33.1 Å². The summed E-state index contributed by atoms with van der Waals surface area (Å²) in [5, 5.41) is 9.68. The first kappa shape index (κ1) is 19.5. The summed E-state index contributed by atoms with van der Waals surface area (Å²) in [6, 6.07) is 7.44. The molecular weight excluding hydrogens is 356 g/mol. The van der Waals surface area contributed by atoms with Gasteiger partial charge in [0.25, 0.3) is 5.91 Å². The number of hydrogen-bond donors (Lipinski definition) is 2. The van der Waals surface area contributed by atoms with Gasteiger partial charge in [-0.05, 0) is 42.0 Å². The molecule has 3 rings (SSSR count). The lowest BCUT2D eigenvalue weighted by Gasteiger charge is -2.17. The van der Waals surface area contributed by atoms with Gasteiger partial charge >= 0.3 is 0 Å². The van der Waals surface area contributed by atoms with Crippen molar-refractivity contribution in [3.8, 4) is 28.7 Å². The molecule has 1 aromatic heterocycles. The van der Waals surface area contributed by atoms with Crippen LogP contribution in [0, 0.1) is 23.7 Å². The number of hydrogen-bond acceptors (Lipinski definition) is 6. The number of anilines is 1. The molecular formula is C21H24N4O3. The molecule has 0 bridgehead atoms. The average Bonchev–Trinajstić information content (AvgIpc) is 3.28. The summed E-state index contributed by atoms with van der Waals surface area (Å²) in [5.74, 6) is 0.806. The Balaban J connectivity index is 2.12. The van der Waals surface area contributed by atoms with Crippen molar-refractivity contribution in [1.82, 2.24) is 4.98 Å². The zero-order chi connectivity index (χ0) is 20.6. The van der Waals surface area contributed by atoms with Crippen LogP contribution in [0.1, 0.15) is 43.0 Å². The highest BCUT2D eigenvalue weighted by atomic mass is 16.5. The number of nitriles is 1. The van der Waals surface area contributed by atoms with E-state index in [1.165, 1.54) is 7.11 Å². The number of carbonyl (C=O) groups excluding carboxylic acids is 1. The van der Waals surface area contributed by atoms with Crippen LogP contribution < -0.4 is 20.9 Å². The molecule has 1 aliphatic rings. The van der Waals surface area contributed by atoms with E-state index in [0.717, 1.165) is 28.8 Å². The Bertz CT molecular complexity index is 992. The third kappa shape index (κ3) is 3.46. The molecule has 1 aliphatic carbocycles. The summed E-state index contributed by atoms with van der Waals surface area (Å²) >= 11 is 0. The molecule has 7 heteroatoms. The molecule has 2 aromatic rings. The highest BCUT2D eigenvalue weighted by Gasteiger charge is 2.48. The smallest absolute Gasteiger partial charge is 0.255 e. The van der Waals surface area contributed by atoms with Gasteiger partial charge in [0.1, 0.15) is 17.5 Å². The summed E-state index contributed by atoms with van der Waals surface area (Å²) in [6.07, 6.45) is 1.04. The standard InChI is InChI=1S/C21H24N4O3/c1-11-18(12-5-6-15(16(7-12)27-4)28-10-17(23)26)13(9-22)20(24)25-19(11)14-8-21(14,2)3/h5-7,14H,8,10H2,1-4H3,(H2,23,26)(H2,24,25). The van der Waals surface area contributed by atoms with Crippen LogP contribution in [-0.2, 0) is 4.79 Å². The molecule has 7 nitrogen and oxygen atoms in total. The van der Waals surface area contributed by atoms with Crippen molar-refractivity contribution in [3.63, 3.8) is 0 Å². The van der Waals surface area contributed by atoms with Crippen LogP contribution in [0.5, 0.6) is 11.5 Å². The van der Waals surface area contributed by atoms with E-state index in [-0.39, 0.29) is 17.8 Å². The number of methoxy groups -OCH3 is 1. The molecule has 4 N–H and O–H groups in total. The lowest BCUT2D eigenvalue weighted by molar-refractivity contribution is -0.119. The number of rotatable bonds is 6. The Morgan fingerprint density at radius 3 is 2.61 bits per heavy atom. The Kier molecular flexibility index (Phi) is 4.90. The number of amides is 1. The normalized spacial score (nSPS) is 16.9. The van der Waals surface area contributed by atoms with Crippen LogP contribution in [0.3, 0.4) is 0 Å². The number of nitrogens with zero attached hydrogens (tertiary/aromatic N) is 2. The van der Waals surface area contributed by atoms with Gasteiger partial charge in [0.2, 0.25) is 0 Å². The zero-order valence-corrected chi connectivity index (χ0v) is 16.5. The molecule has 28 heavy (non-hydrogen) atoms. The maximum Gasteiger partial charge on any atom is 0.255 e. The zero-order valence-electron chi connectivity index (χ0n) is 16.5. The quantitative estimate of drug-likeness (QED) is 0.794. The van der Waals surface area contributed by atoms with E-state index in [0.29, 0.717) is 23.0 Å². The van der Waals surface area contributed by atoms with Crippen molar-refractivity contribution >= 4 is 11.7 Å². The van der Waals surface area contributed by atoms with Gasteiger partial charge in [0.05, 0.1) is 12.8 Å². The van der Waals surface area contributed by atoms with Crippen LogP contribution >= 0.6 is 0 Å². The fourth-order valence-electron chi connectivity index (χ4n) is 3.55. The molecule has 0 aliphatic heterocycles. The number of aromatic nitrogens is 1. The van der Waals surface area contributed by atoms with Gasteiger partial charge in [0, 0.05) is 11.5 Å². The van der Waals surface area contributed by atoms with Crippen LogP contribution in [-0.4, -0.2) is 24.6 Å². The maximum absolute atomic E-state index is 11.0. The van der Waals surface area contributed by atoms with Gasteiger partial charge in [-0.2, -0.15) is 5.26 Å². The Morgan fingerprint density at radius 2 is 2.07 bits per heavy atom. The fourth-order valence-corrected chi connectivity index (χ4v) is 3.55. The van der Waals surface area contributed by atoms with E-state index in [4.69, 9.17) is 20.9 Å². The largest absolute Gasteiger partial charge is 0.493 e. The van der Waals surface area contributed by atoms with Crippen LogP contribution in [0.2, 0.25) is 0 Å². The molecule has 146 valence electrons. The summed E-state index contributed by atoms with van der Waals surface area (Å²) in [5.41, 5.74) is 15.2. The average molecular weight is 380 g/mol. The second-order valence-electron chi connectivity index (χ2n) is 7.74. The first-order valence-corrected chi connectivity index (χ1v) is 8.99. The second kappa shape index (κ2) is 7.04. The van der Waals surface area contributed by atoms with E-state index in [9.17, 15) is 10.1 Å². The van der Waals surface area contributed by atoms with Gasteiger partial charge < -0.3 is 20.9 Å². The highest BCUT2D eigenvalue weighted by molar-refractivity contribution is 5.81. The van der Waals surface area contributed by atoms with E-state index in [1.54, 1.807) is 12.1 Å². The number of ether oxygens (including phenoxy) is 2. The van der Waals surface area contributed by atoms with E-state index in [1.807, 2.05) is 13.0 Å². The number of nitrogens with two attached hydrogens (primary N) is 2. The predicted octanol–water partition coefficient (Wildman–Crippen LogP) is 2.90. The van der Waals surface area contributed by atoms with Crippen molar-refractivity contribution in [2.24, 2.45) is 11.1 Å². The van der Waals surface area contributed by atoms with Gasteiger partial charge in [0.15, 0.2) is 18.1 Å². The number of pyridine rings is 1. The molecule has 1 saturated carbocycles. The van der Waals surface area contributed by atoms with Crippen LogP contribution in [0.25, 0.3) is 11.1 Å². The van der Waals surface area contributed by atoms with Gasteiger partial charge in [-0.25, -0.2) is 4.98 Å². The molecule has 0 saturated heterocycles. The molecule has 1 heterocycles. The summed E-state index contributed by atoms with van der Waals surface area (Å²) in [4.78, 5) is 15.5. The Labute approximate surface area is 164 Å². The third-order valence-electron chi connectivity index (χ3n) is 5.28. The van der Waals surface area contributed by atoms with Gasteiger partial charge in [-0.1, -0.05) is 19.9 Å². The first-order valence-electron chi connectivity index (χ1n) is 8.99. The number of carbonyl (C=O) groups is 1. The number of primary amides is 1. The minimum absolute atomic E-state index is 0.180. The monoisotopic (exact) mass is 380 g/mol. The minimum Gasteiger partial charge on any atom is -0.493 e. The molecule has 1 unspecified atom stereocenters. The third-order valence-corrected chi connectivity index (χ3v) is 5.28. The lowest BCUT2D eigenvalue weighted by Crippen LogP contribution is -2.20. The number of benzene rings is 1. The SMILES string of the molecule is COc1cc(-c2c(C)c(C3CC3(C)C)nc(N)c2C#N)ccc1OCC(N)=O. The molecule has 0 radical (unpaired) electrons.